The molecule has 0 bridgehead atoms. The Labute approximate surface area is 225 Å². The maximum Gasteiger partial charge on any atom is 0.306 e. The van der Waals surface area contributed by atoms with E-state index in [-0.39, 0.29) is 25.0 Å². The van der Waals surface area contributed by atoms with Crippen molar-refractivity contribution in [1.29, 1.82) is 0 Å². The minimum Gasteiger partial charge on any atom is -0.457 e. The Balaban J connectivity index is 1.82. The van der Waals surface area contributed by atoms with E-state index in [1.165, 1.54) is 32.1 Å². The van der Waals surface area contributed by atoms with Crippen LogP contribution in [0.15, 0.2) is 23.8 Å². The molecule has 0 aliphatic heterocycles. The van der Waals surface area contributed by atoms with Gasteiger partial charge in [0.1, 0.15) is 0 Å². The molecule has 0 amide bonds. The highest BCUT2D eigenvalue weighted by Gasteiger charge is 2.77. The van der Waals surface area contributed by atoms with Crippen LogP contribution in [0, 0.1) is 28.6 Å². The van der Waals surface area contributed by atoms with Crippen molar-refractivity contribution in [2.45, 2.75) is 90.3 Å². The Morgan fingerprint density at radius 1 is 1.22 bits per heavy atom. The maximum atomic E-state index is 17.6. The van der Waals surface area contributed by atoms with Gasteiger partial charge in [-0.1, -0.05) is 39.2 Å². The summed E-state index contributed by atoms with van der Waals surface area (Å²) in [5.41, 5.74) is -7.57. The zero-order chi connectivity index (χ0) is 35.3. The Morgan fingerprint density at radius 2 is 1.92 bits per heavy atom. The summed E-state index contributed by atoms with van der Waals surface area (Å²) in [6.45, 7) is -4.00. The van der Waals surface area contributed by atoms with Crippen molar-refractivity contribution in [2.75, 3.05) is 6.61 Å². The van der Waals surface area contributed by atoms with E-state index in [0.717, 1.165) is 0 Å². The first-order valence-corrected chi connectivity index (χ1v) is 11.9. The van der Waals surface area contributed by atoms with Crippen LogP contribution >= 0.6 is 0 Å². The molecule has 0 aromatic carbocycles. The van der Waals surface area contributed by atoms with Crippen LogP contribution in [-0.4, -0.2) is 52.6 Å². The van der Waals surface area contributed by atoms with Crippen LogP contribution in [0.5, 0.6) is 0 Å². The standard InChI is InChI=1S/C28H37FO7/c1-6-23(33)35-15-22(32)28(36-24(34)7-2)16(3)12-20-19-9-8-17-13-18(30)10-11-25(17,4)27(19,29)21(31)14-26(20,28)5/h10-11,13,16,19-21,31H,6-9,12,14-15H2,1-5H3/t16-,19+,20+,21+,25+,26+,27+,28+/m1/s1/i1D3,2D3,6D2,7D2. The molecule has 36 heavy (non-hydrogen) atoms. The molecule has 3 saturated carbocycles. The van der Waals surface area contributed by atoms with Crippen molar-refractivity contribution < 1.29 is 51.9 Å². The average molecular weight is 515 g/mol. The maximum absolute atomic E-state index is 17.6. The van der Waals surface area contributed by atoms with Crippen molar-refractivity contribution in [2.24, 2.45) is 28.6 Å². The third-order valence-electron chi connectivity index (χ3n) is 9.39. The lowest BCUT2D eigenvalue weighted by Crippen LogP contribution is -2.70. The fraction of sp³-hybridized carbons (Fsp3) is 0.714. The second-order valence-electron chi connectivity index (χ2n) is 10.8. The van der Waals surface area contributed by atoms with Crippen molar-refractivity contribution in [3.63, 3.8) is 0 Å². The zero-order valence-electron chi connectivity index (χ0n) is 30.4. The molecule has 198 valence electrons. The van der Waals surface area contributed by atoms with Gasteiger partial charge in [0.2, 0.25) is 5.78 Å². The number of aliphatic hydroxyl groups excluding tert-OH is 1. The van der Waals surface area contributed by atoms with E-state index >= 15 is 4.39 Å². The number of allylic oxidation sites excluding steroid dienone is 4. The number of carbonyl (C=O) groups excluding carboxylic acids is 4. The lowest BCUT2D eigenvalue weighted by atomic mass is 9.44. The van der Waals surface area contributed by atoms with Crippen molar-refractivity contribution in [1.82, 2.24) is 0 Å². The minimum absolute atomic E-state index is 0.0445. The Morgan fingerprint density at radius 3 is 2.61 bits per heavy atom. The van der Waals surface area contributed by atoms with Gasteiger partial charge < -0.3 is 14.6 Å². The molecule has 4 aliphatic carbocycles. The number of ether oxygens (including phenoxy) is 2. The summed E-state index contributed by atoms with van der Waals surface area (Å²) in [6, 6.07) is 0. The van der Waals surface area contributed by atoms with Crippen LogP contribution in [0.2, 0.25) is 0 Å². The topological polar surface area (TPSA) is 107 Å². The van der Waals surface area contributed by atoms with E-state index in [9.17, 15) is 24.3 Å². The molecule has 0 spiro atoms. The van der Waals surface area contributed by atoms with Gasteiger partial charge in [-0.25, -0.2) is 4.39 Å². The van der Waals surface area contributed by atoms with E-state index in [2.05, 4.69) is 0 Å². The van der Waals surface area contributed by atoms with Gasteiger partial charge in [0, 0.05) is 49.1 Å². The number of esters is 2. The normalized spacial score (nSPS) is 48.7. The molecule has 0 unspecified atom stereocenters. The summed E-state index contributed by atoms with van der Waals surface area (Å²) in [6.07, 6.45) is -5.36. The van der Waals surface area contributed by atoms with Gasteiger partial charge in [-0.15, -0.1) is 0 Å². The van der Waals surface area contributed by atoms with Crippen LogP contribution in [0.3, 0.4) is 0 Å². The molecule has 4 rings (SSSR count). The van der Waals surface area contributed by atoms with Crippen LogP contribution in [0.25, 0.3) is 0 Å². The fourth-order valence-corrected chi connectivity index (χ4v) is 7.84. The SMILES string of the molecule is [2H]C([2H])([2H])C([2H])([2H])C(=O)OCC(=O)[C@@]1(OC(=O)C([2H])([2H])C([2H])([2H])[2H])[C@H](C)C[C@H]2[C@@H]3CCC4=CC(=O)C=C[C@]4(C)[C@@]3(F)[C@@H](O)C[C@@]21C. The van der Waals surface area contributed by atoms with Gasteiger partial charge in [-0.2, -0.15) is 0 Å². The molecule has 0 saturated heterocycles. The molecule has 4 aliphatic rings. The van der Waals surface area contributed by atoms with Gasteiger partial charge in [0.15, 0.2) is 23.7 Å². The van der Waals surface area contributed by atoms with Gasteiger partial charge in [0.05, 0.1) is 6.10 Å². The number of ketones is 2. The monoisotopic (exact) mass is 514 g/mol. The Hall–Kier alpha value is -2.35. The quantitative estimate of drug-likeness (QED) is 0.537. The minimum atomic E-state index is -3.64. The molecule has 7 nitrogen and oxygen atoms in total. The van der Waals surface area contributed by atoms with E-state index in [1.807, 2.05) is 0 Å². The number of carbonyl (C=O) groups is 4. The summed E-state index contributed by atoms with van der Waals surface area (Å²) in [7, 11) is 0. The molecule has 8 atom stereocenters. The third-order valence-corrected chi connectivity index (χ3v) is 9.39. The molecule has 1 N–H and O–H groups in total. The number of hydrogen-bond acceptors (Lipinski definition) is 7. The van der Waals surface area contributed by atoms with E-state index in [0.29, 0.717) is 5.57 Å². The predicted molar refractivity (Wildman–Crippen MR) is 128 cm³/mol. The second kappa shape index (κ2) is 8.89. The largest absolute Gasteiger partial charge is 0.457 e. The van der Waals surface area contributed by atoms with E-state index < -0.39 is 103 Å². The van der Waals surface area contributed by atoms with Gasteiger partial charge in [0.25, 0.3) is 0 Å². The first-order chi connectivity index (χ1) is 20.7. The predicted octanol–water partition coefficient (Wildman–Crippen LogP) is 3.82. The molecule has 8 heteroatoms. The van der Waals surface area contributed by atoms with Crippen LogP contribution in [-0.2, 0) is 28.7 Å². The number of halogens is 1. The van der Waals surface area contributed by atoms with Crippen LogP contribution in [0.1, 0.15) is 86.6 Å². The Kier molecular flexibility index (Phi) is 4.07. The van der Waals surface area contributed by atoms with Crippen LogP contribution < -0.4 is 0 Å². The molecule has 0 radical (unpaired) electrons. The number of rotatable bonds is 6. The molecule has 0 aromatic heterocycles. The van der Waals surface area contributed by atoms with Crippen LogP contribution in [0.4, 0.5) is 4.39 Å². The fourth-order valence-electron chi connectivity index (χ4n) is 7.84. The Bertz CT molecular complexity index is 1410. The number of aliphatic hydroxyl groups is 1. The molecule has 3 fully saturated rings. The first-order valence-electron chi connectivity index (χ1n) is 16.9. The lowest BCUT2D eigenvalue weighted by molar-refractivity contribution is -0.228. The number of fused-ring (bicyclic) bond motifs is 5. The lowest BCUT2D eigenvalue weighted by Gasteiger charge is -2.62. The molecular formula is C28H37FO7. The molecule has 0 heterocycles. The summed E-state index contributed by atoms with van der Waals surface area (Å²) < 4.78 is 104. The summed E-state index contributed by atoms with van der Waals surface area (Å²) in [5.74, 6) is -8.46. The van der Waals surface area contributed by atoms with Crippen molar-refractivity contribution in [3.05, 3.63) is 23.8 Å². The first kappa shape index (κ1) is 16.5. The number of Topliss-reactive ketones (excluding diaryl/α,β-unsaturated/α-hetero) is 1. The molecular weight excluding hydrogens is 467 g/mol. The highest BCUT2D eigenvalue weighted by atomic mass is 19.1. The highest BCUT2D eigenvalue weighted by molar-refractivity contribution is 6.01. The molecule has 0 aromatic rings. The zero-order valence-corrected chi connectivity index (χ0v) is 20.4. The smallest absolute Gasteiger partial charge is 0.306 e. The van der Waals surface area contributed by atoms with Crippen molar-refractivity contribution >= 4 is 23.5 Å². The van der Waals surface area contributed by atoms with Crippen molar-refractivity contribution in [3.8, 4) is 0 Å². The summed E-state index contributed by atoms with van der Waals surface area (Å²) >= 11 is 0. The third kappa shape index (κ3) is 3.39. The van der Waals surface area contributed by atoms with Gasteiger partial charge >= 0.3 is 11.9 Å². The van der Waals surface area contributed by atoms with Gasteiger partial charge in [-0.3, -0.25) is 19.2 Å². The van der Waals surface area contributed by atoms with E-state index in [1.54, 1.807) is 6.92 Å². The second-order valence-corrected chi connectivity index (χ2v) is 10.8. The summed E-state index contributed by atoms with van der Waals surface area (Å²) in [4.78, 5) is 52.1. The summed E-state index contributed by atoms with van der Waals surface area (Å²) in [5, 5.41) is 11.6. The number of alkyl halides is 1. The van der Waals surface area contributed by atoms with E-state index in [4.69, 9.17) is 23.2 Å². The van der Waals surface area contributed by atoms with Gasteiger partial charge in [-0.05, 0) is 50.7 Å². The highest BCUT2D eigenvalue weighted by Crippen LogP contribution is 2.71. The average Bonchev–Trinajstić information content (AvgIpc) is 3.13. The number of hydrogen-bond donors (Lipinski definition) is 1.